The molecule has 0 radical (unpaired) electrons. The van der Waals surface area contributed by atoms with Gasteiger partial charge in [-0.1, -0.05) is 55.0 Å². The third kappa shape index (κ3) is 4.53. The van der Waals surface area contributed by atoms with Crippen molar-refractivity contribution in [1.29, 1.82) is 0 Å². The maximum absolute atomic E-state index is 12.3. The molecular weight excluding hydrogens is 294 g/mol. The summed E-state index contributed by atoms with van der Waals surface area (Å²) < 4.78 is 14.8. The van der Waals surface area contributed by atoms with Crippen LogP contribution in [0.5, 0.6) is 0 Å². The summed E-state index contributed by atoms with van der Waals surface area (Å²) in [5.41, 5.74) is 2.22. The number of rotatable bonds is 6. The van der Waals surface area contributed by atoms with Crippen molar-refractivity contribution in [1.82, 2.24) is 4.72 Å². The van der Waals surface area contributed by atoms with E-state index >= 15 is 0 Å². The first-order chi connectivity index (χ1) is 10.6. The van der Waals surface area contributed by atoms with Crippen LogP contribution < -0.4 is 4.72 Å². The van der Waals surface area contributed by atoms with Gasteiger partial charge in [0.05, 0.1) is 4.90 Å². The van der Waals surface area contributed by atoms with Gasteiger partial charge in [-0.05, 0) is 37.5 Å². The molecule has 0 heterocycles. The smallest absolute Gasteiger partial charge is 0.235 e. The van der Waals surface area contributed by atoms with E-state index in [1.54, 1.807) is 12.1 Å². The first-order valence-corrected chi connectivity index (χ1v) is 8.58. The number of amides is 1. The zero-order valence-corrected chi connectivity index (χ0v) is 13.7. The van der Waals surface area contributed by atoms with Crippen LogP contribution in [0.1, 0.15) is 24.5 Å². The Morgan fingerprint density at radius 2 is 1.73 bits per heavy atom. The van der Waals surface area contributed by atoms with E-state index in [1.165, 1.54) is 0 Å². The van der Waals surface area contributed by atoms with Crippen LogP contribution in [-0.4, -0.2) is 10.1 Å². The molecule has 0 aromatic heterocycles. The van der Waals surface area contributed by atoms with Crippen molar-refractivity contribution < 1.29 is 9.00 Å². The molecule has 0 bridgehead atoms. The van der Waals surface area contributed by atoms with Crippen molar-refractivity contribution in [3.8, 4) is 0 Å². The van der Waals surface area contributed by atoms with Crippen LogP contribution in [0.3, 0.4) is 0 Å². The highest BCUT2D eigenvalue weighted by Gasteiger charge is 2.19. The Morgan fingerprint density at radius 1 is 1.09 bits per heavy atom. The molecule has 22 heavy (non-hydrogen) atoms. The third-order valence-electron chi connectivity index (χ3n) is 3.62. The second-order valence-corrected chi connectivity index (χ2v) is 6.56. The predicted octanol–water partition coefficient (Wildman–Crippen LogP) is 3.40. The molecule has 2 aromatic rings. The first-order valence-electron chi connectivity index (χ1n) is 7.43. The maximum atomic E-state index is 12.3. The standard InChI is InChI=1S/C18H21NO2S/c1-3-16(13-15-7-5-4-6-8-15)18(20)19-22(21)17-11-9-14(2)10-12-17/h4-12,16H,3,13H2,1-2H3,(H,19,20). The first kappa shape index (κ1) is 16.4. The van der Waals surface area contributed by atoms with Crippen LogP contribution >= 0.6 is 0 Å². The summed E-state index contributed by atoms with van der Waals surface area (Å²) in [4.78, 5) is 12.9. The Labute approximate surface area is 134 Å². The van der Waals surface area contributed by atoms with Gasteiger partial charge in [0, 0.05) is 5.92 Å². The fourth-order valence-corrected chi connectivity index (χ4v) is 3.07. The van der Waals surface area contributed by atoms with Crippen LogP contribution in [0.4, 0.5) is 0 Å². The van der Waals surface area contributed by atoms with Crippen molar-refractivity contribution in [3.63, 3.8) is 0 Å². The number of nitrogens with one attached hydrogen (secondary N) is 1. The van der Waals surface area contributed by atoms with Gasteiger partial charge in [-0.15, -0.1) is 0 Å². The quantitative estimate of drug-likeness (QED) is 0.888. The molecule has 0 aliphatic heterocycles. The molecule has 1 amide bonds. The Balaban J connectivity index is 2.00. The summed E-state index contributed by atoms with van der Waals surface area (Å²) >= 11 is 0. The van der Waals surface area contributed by atoms with E-state index in [1.807, 2.05) is 56.3 Å². The highest BCUT2D eigenvalue weighted by atomic mass is 32.2. The molecule has 1 N–H and O–H groups in total. The topological polar surface area (TPSA) is 46.2 Å². The van der Waals surface area contributed by atoms with Gasteiger partial charge in [0.25, 0.3) is 0 Å². The molecule has 0 aliphatic rings. The minimum Gasteiger partial charge on any atom is -0.274 e. The molecule has 3 nitrogen and oxygen atoms in total. The highest BCUT2D eigenvalue weighted by molar-refractivity contribution is 7.83. The second-order valence-electron chi connectivity index (χ2n) is 5.34. The summed E-state index contributed by atoms with van der Waals surface area (Å²) in [6, 6.07) is 17.2. The van der Waals surface area contributed by atoms with Crippen LogP contribution in [0, 0.1) is 12.8 Å². The van der Waals surface area contributed by atoms with Crippen molar-refractivity contribution in [2.75, 3.05) is 0 Å². The van der Waals surface area contributed by atoms with Gasteiger partial charge in [-0.2, -0.15) is 0 Å². The van der Waals surface area contributed by atoms with E-state index in [4.69, 9.17) is 0 Å². The molecule has 2 atom stereocenters. The molecule has 116 valence electrons. The lowest BCUT2D eigenvalue weighted by Crippen LogP contribution is -2.33. The van der Waals surface area contributed by atoms with Crippen molar-refractivity contribution >= 4 is 16.9 Å². The number of hydrogen-bond donors (Lipinski definition) is 1. The lowest BCUT2D eigenvalue weighted by molar-refractivity contribution is -0.123. The lowest BCUT2D eigenvalue weighted by atomic mass is 9.96. The molecule has 0 aliphatic carbocycles. The van der Waals surface area contributed by atoms with E-state index in [0.29, 0.717) is 17.7 Å². The van der Waals surface area contributed by atoms with E-state index in [2.05, 4.69) is 4.72 Å². The summed E-state index contributed by atoms with van der Waals surface area (Å²) in [5, 5.41) is 0. The Morgan fingerprint density at radius 3 is 2.32 bits per heavy atom. The SMILES string of the molecule is CCC(Cc1ccccc1)C(=O)NS(=O)c1ccc(C)cc1. The molecule has 2 rings (SSSR count). The van der Waals surface area contributed by atoms with Crippen molar-refractivity contribution in [3.05, 3.63) is 65.7 Å². The number of benzene rings is 2. The zero-order chi connectivity index (χ0) is 15.9. The normalized spacial score (nSPS) is 13.4. The predicted molar refractivity (Wildman–Crippen MR) is 89.7 cm³/mol. The Bertz CT molecular complexity index is 638. The van der Waals surface area contributed by atoms with Gasteiger partial charge >= 0.3 is 0 Å². The van der Waals surface area contributed by atoms with Crippen molar-refractivity contribution in [2.45, 2.75) is 31.6 Å². The maximum Gasteiger partial charge on any atom is 0.235 e. The number of carbonyl (C=O) groups is 1. The third-order valence-corrected chi connectivity index (χ3v) is 4.70. The van der Waals surface area contributed by atoms with E-state index in [-0.39, 0.29) is 11.8 Å². The number of hydrogen-bond acceptors (Lipinski definition) is 2. The average Bonchev–Trinajstić information content (AvgIpc) is 2.54. The van der Waals surface area contributed by atoms with Gasteiger partial charge < -0.3 is 0 Å². The van der Waals surface area contributed by atoms with Crippen molar-refractivity contribution in [2.24, 2.45) is 5.92 Å². The minimum atomic E-state index is -1.50. The molecule has 0 saturated carbocycles. The highest BCUT2D eigenvalue weighted by Crippen LogP contribution is 2.14. The van der Waals surface area contributed by atoms with Gasteiger partial charge in [0.15, 0.2) is 11.0 Å². The molecule has 2 aromatic carbocycles. The fraction of sp³-hybridized carbons (Fsp3) is 0.278. The summed E-state index contributed by atoms with van der Waals surface area (Å²) in [7, 11) is -1.50. The zero-order valence-electron chi connectivity index (χ0n) is 12.9. The molecular formula is C18H21NO2S. The molecule has 2 unspecified atom stereocenters. The van der Waals surface area contributed by atoms with E-state index < -0.39 is 11.0 Å². The molecule has 0 fully saturated rings. The monoisotopic (exact) mass is 315 g/mol. The van der Waals surface area contributed by atoms with Crippen LogP contribution in [0.15, 0.2) is 59.5 Å². The van der Waals surface area contributed by atoms with E-state index in [0.717, 1.165) is 11.1 Å². The van der Waals surface area contributed by atoms with Crippen LogP contribution in [0.2, 0.25) is 0 Å². The summed E-state index contributed by atoms with van der Waals surface area (Å²) in [5.74, 6) is -0.331. The Hall–Kier alpha value is -1.94. The Kier molecular flexibility index (Phi) is 5.90. The molecule has 0 spiro atoms. The minimum absolute atomic E-state index is 0.162. The van der Waals surface area contributed by atoms with Gasteiger partial charge in [-0.25, -0.2) is 4.21 Å². The number of aryl methyl sites for hydroxylation is 1. The average molecular weight is 315 g/mol. The van der Waals surface area contributed by atoms with Crippen LogP contribution in [-0.2, 0) is 22.2 Å². The molecule has 4 heteroatoms. The summed E-state index contributed by atoms with van der Waals surface area (Å²) in [6.07, 6.45) is 1.38. The summed E-state index contributed by atoms with van der Waals surface area (Å²) in [6.45, 7) is 3.94. The lowest BCUT2D eigenvalue weighted by Gasteiger charge is -2.14. The fourth-order valence-electron chi connectivity index (χ4n) is 2.22. The largest absolute Gasteiger partial charge is 0.274 e. The second kappa shape index (κ2) is 7.90. The molecule has 0 saturated heterocycles. The van der Waals surface area contributed by atoms with Crippen LogP contribution in [0.25, 0.3) is 0 Å². The number of carbonyl (C=O) groups excluding carboxylic acids is 1. The van der Waals surface area contributed by atoms with Gasteiger partial charge in [-0.3, -0.25) is 9.52 Å². The van der Waals surface area contributed by atoms with Gasteiger partial charge in [0.2, 0.25) is 5.91 Å². The van der Waals surface area contributed by atoms with E-state index in [9.17, 15) is 9.00 Å². The van der Waals surface area contributed by atoms with Gasteiger partial charge in [0.1, 0.15) is 0 Å².